The van der Waals surface area contributed by atoms with Crippen molar-refractivity contribution in [3.8, 4) is 0 Å². The maximum atomic E-state index is 10.4. The van der Waals surface area contributed by atoms with Crippen molar-refractivity contribution in [2.75, 3.05) is 0 Å². The van der Waals surface area contributed by atoms with Crippen molar-refractivity contribution in [3.05, 3.63) is 12.2 Å². The second kappa shape index (κ2) is 3.31. The standard InChI is InChI=1S/C6H10N4O2/c1-10-3-8-9-5(10)2-4(7)6(11)12/h3-4H,2,7H2,1H3,(H,11,12)/t4-/m1/s1. The number of carboxylic acid groups (broad SMARTS) is 1. The predicted molar refractivity (Wildman–Crippen MR) is 40.3 cm³/mol. The highest BCUT2D eigenvalue weighted by atomic mass is 16.4. The van der Waals surface area contributed by atoms with Crippen LogP contribution in [0.3, 0.4) is 0 Å². The molecule has 0 saturated heterocycles. The zero-order valence-corrected chi connectivity index (χ0v) is 6.64. The second-order valence-corrected chi connectivity index (χ2v) is 2.51. The molecule has 0 bridgehead atoms. The van der Waals surface area contributed by atoms with E-state index in [0.29, 0.717) is 5.82 Å². The fraction of sp³-hybridized carbons (Fsp3) is 0.500. The van der Waals surface area contributed by atoms with E-state index in [1.165, 1.54) is 6.33 Å². The van der Waals surface area contributed by atoms with Crippen LogP contribution in [-0.2, 0) is 18.3 Å². The summed E-state index contributed by atoms with van der Waals surface area (Å²) in [4.78, 5) is 10.4. The summed E-state index contributed by atoms with van der Waals surface area (Å²) in [6.07, 6.45) is 1.70. The SMILES string of the molecule is Cn1cnnc1C[C@@H](N)C(=O)O. The van der Waals surface area contributed by atoms with Gasteiger partial charge in [0.1, 0.15) is 18.2 Å². The number of hydrogen-bond donors (Lipinski definition) is 2. The van der Waals surface area contributed by atoms with Crippen LogP contribution in [0, 0.1) is 0 Å². The van der Waals surface area contributed by atoms with Gasteiger partial charge in [0, 0.05) is 13.5 Å². The van der Waals surface area contributed by atoms with Gasteiger partial charge in [-0.15, -0.1) is 10.2 Å². The van der Waals surface area contributed by atoms with E-state index < -0.39 is 12.0 Å². The Morgan fingerprint density at radius 3 is 3.00 bits per heavy atom. The largest absolute Gasteiger partial charge is 0.480 e. The molecular formula is C6H10N4O2. The summed E-state index contributed by atoms with van der Waals surface area (Å²) in [6.45, 7) is 0. The minimum Gasteiger partial charge on any atom is -0.480 e. The number of carbonyl (C=O) groups is 1. The molecule has 1 rings (SSSR count). The molecule has 0 aliphatic carbocycles. The first-order valence-electron chi connectivity index (χ1n) is 3.42. The maximum absolute atomic E-state index is 10.4. The molecule has 1 heterocycles. The fourth-order valence-corrected chi connectivity index (χ4v) is 0.776. The van der Waals surface area contributed by atoms with E-state index >= 15 is 0 Å². The topological polar surface area (TPSA) is 94.0 Å². The van der Waals surface area contributed by atoms with Crippen LogP contribution in [0.2, 0.25) is 0 Å². The van der Waals surface area contributed by atoms with Crippen molar-refractivity contribution >= 4 is 5.97 Å². The summed E-state index contributed by atoms with van der Waals surface area (Å²) < 4.78 is 1.64. The van der Waals surface area contributed by atoms with Crippen molar-refractivity contribution in [2.45, 2.75) is 12.5 Å². The maximum Gasteiger partial charge on any atom is 0.320 e. The van der Waals surface area contributed by atoms with Gasteiger partial charge in [0.2, 0.25) is 0 Å². The molecule has 0 radical (unpaired) electrons. The molecule has 66 valence electrons. The van der Waals surface area contributed by atoms with E-state index in [0.717, 1.165) is 0 Å². The molecule has 0 fully saturated rings. The van der Waals surface area contributed by atoms with Crippen LogP contribution in [-0.4, -0.2) is 31.9 Å². The van der Waals surface area contributed by atoms with E-state index in [4.69, 9.17) is 10.8 Å². The predicted octanol–water partition coefficient (Wildman–Crippen LogP) is -1.23. The van der Waals surface area contributed by atoms with E-state index in [-0.39, 0.29) is 6.42 Å². The number of aryl methyl sites for hydroxylation is 1. The summed E-state index contributed by atoms with van der Waals surface area (Å²) >= 11 is 0. The molecule has 0 aromatic carbocycles. The van der Waals surface area contributed by atoms with Crippen LogP contribution < -0.4 is 5.73 Å². The smallest absolute Gasteiger partial charge is 0.320 e. The minimum absolute atomic E-state index is 0.200. The van der Waals surface area contributed by atoms with Crippen LogP contribution in [0.1, 0.15) is 5.82 Å². The Bertz CT molecular complexity index is 283. The Labute approximate surface area is 69.0 Å². The lowest BCUT2D eigenvalue weighted by Gasteiger charge is -2.04. The van der Waals surface area contributed by atoms with E-state index in [1.807, 2.05) is 0 Å². The third kappa shape index (κ3) is 1.79. The average Bonchev–Trinajstić information content (AvgIpc) is 2.36. The number of hydrogen-bond acceptors (Lipinski definition) is 4. The number of aliphatic carboxylic acids is 1. The van der Waals surface area contributed by atoms with Crippen LogP contribution in [0.5, 0.6) is 0 Å². The molecule has 1 aromatic rings. The van der Waals surface area contributed by atoms with Gasteiger partial charge in [0.25, 0.3) is 0 Å². The summed E-state index contributed by atoms with van der Waals surface area (Å²) in [5.74, 6) is -0.456. The molecule has 0 unspecified atom stereocenters. The molecular weight excluding hydrogens is 160 g/mol. The molecule has 0 amide bonds. The van der Waals surface area contributed by atoms with Crippen molar-refractivity contribution in [3.63, 3.8) is 0 Å². The van der Waals surface area contributed by atoms with E-state index in [9.17, 15) is 4.79 Å². The van der Waals surface area contributed by atoms with Crippen LogP contribution in [0.15, 0.2) is 6.33 Å². The highest BCUT2D eigenvalue weighted by molar-refractivity contribution is 5.73. The first kappa shape index (κ1) is 8.66. The Morgan fingerprint density at radius 2 is 2.58 bits per heavy atom. The van der Waals surface area contributed by atoms with Gasteiger partial charge in [0.15, 0.2) is 0 Å². The molecule has 0 saturated carbocycles. The minimum atomic E-state index is -1.03. The van der Waals surface area contributed by atoms with Gasteiger partial charge in [0.05, 0.1) is 0 Å². The van der Waals surface area contributed by atoms with Crippen molar-refractivity contribution in [2.24, 2.45) is 12.8 Å². The zero-order valence-electron chi connectivity index (χ0n) is 6.64. The first-order chi connectivity index (χ1) is 5.61. The van der Waals surface area contributed by atoms with Crippen molar-refractivity contribution in [1.29, 1.82) is 0 Å². The number of carboxylic acids is 1. The number of nitrogens with two attached hydrogens (primary N) is 1. The fourth-order valence-electron chi connectivity index (χ4n) is 0.776. The van der Waals surface area contributed by atoms with E-state index in [1.54, 1.807) is 11.6 Å². The molecule has 3 N–H and O–H groups in total. The Kier molecular flexibility index (Phi) is 2.39. The van der Waals surface area contributed by atoms with Crippen molar-refractivity contribution < 1.29 is 9.90 Å². The highest BCUT2D eigenvalue weighted by Crippen LogP contribution is 1.95. The van der Waals surface area contributed by atoms with Gasteiger partial charge in [-0.3, -0.25) is 4.79 Å². The molecule has 6 nitrogen and oxygen atoms in total. The molecule has 12 heavy (non-hydrogen) atoms. The summed E-state index contributed by atoms with van der Waals surface area (Å²) in [5.41, 5.74) is 5.30. The normalized spacial score (nSPS) is 12.8. The molecule has 0 aliphatic heterocycles. The van der Waals surface area contributed by atoms with Gasteiger partial charge in [-0.25, -0.2) is 0 Å². The number of nitrogens with zero attached hydrogens (tertiary/aromatic N) is 3. The summed E-state index contributed by atoms with van der Waals surface area (Å²) in [5, 5.41) is 15.8. The van der Waals surface area contributed by atoms with Gasteiger partial charge >= 0.3 is 5.97 Å². The van der Waals surface area contributed by atoms with Gasteiger partial charge in [-0.1, -0.05) is 0 Å². The van der Waals surface area contributed by atoms with Crippen LogP contribution in [0.25, 0.3) is 0 Å². The quantitative estimate of drug-likeness (QED) is 0.592. The van der Waals surface area contributed by atoms with Gasteiger partial charge < -0.3 is 15.4 Å². The monoisotopic (exact) mass is 170 g/mol. The number of rotatable bonds is 3. The Balaban J connectivity index is 2.64. The second-order valence-electron chi connectivity index (χ2n) is 2.51. The molecule has 6 heteroatoms. The highest BCUT2D eigenvalue weighted by Gasteiger charge is 2.14. The van der Waals surface area contributed by atoms with Crippen LogP contribution in [0.4, 0.5) is 0 Å². The van der Waals surface area contributed by atoms with E-state index in [2.05, 4.69) is 10.2 Å². The third-order valence-corrected chi connectivity index (χ3v) is 1.52. The lowest BCUT2D eigenvalue weighted by atomic mass is 10.2. The van der Waals surface area contributed by atoms with Crippen LogP contribution >= 0.6 is 0 Å². The van der Waals surface area contributed by atoms with Gasteiger partial charge in [-0.05, 0) is 0 Å². The Hall–Kier alpha value is -1.43. The molecule has 0 spiro atoms. The summed E-state index contributed by atoms with van der Waals surface area (Å²) in [7, 11) is 1.74. The Morgan fingerprint density at radius 1 is 1.92 bits per heavy atom. The zero-order chi connectivity index (χ0) is 9.14. The lowest BCUT2D eigenvalue weighted by molar-refractivity contribution is -0.138. The average molecular weight is 170 g/mol. The third-order valence-electron chi connectivity index (χ3n) is 1.52. The van der Waals surface area contributed by atoms with Gasteiger partial charge in [-0.2, -0.15) is 0 Å². The molecule has 1 atom stereocenters. The molecule has 1 aromatic heterocycles. The number of aromatic nitrogens is 3. The lowest BCUT2D eigenvalue weighted by Crippen LogP contribution is -2.33. The first-order valence-corrected chi connectivity index (χ1v) is 3.42. The molecule has 0 aliphatic rings. The summed E-state index contributed by atoms with van der Waals surface area (Å²) in [6, 6.07) is -0.909. The van der Waals surface area contributed by atoms with Crippen molar-refractivity contribution in [1.82, 2.24) is 14.8 Å².